The van der Waals surface area contributed by atoms with Crippen LogP contribution in [0, 0.1) is 5.92 Å². The molecular weight excluding hydrogens is 222 g/mol. The summed E-state index contributed by atoms with van der Waals surface area (Å²) in [6, 6.07) is 0.286. The van der Waals surface area contributed by atoms with Gasteiger partial charge in [-0.1, -0.05) is 19.3 Å². The van der Waals surface area contributed by atoms with Gasteiger partial charge in [-0.25, -0.2) is 5.43 Å². The average molecular weight is 241 g/mol. The number of carbonyl (C=O) groups is 2. The minimum Gasteiger partial charge on any atom is -0.390 e. The molecule has 0 bridgehead atoms. The first kappa shape index (κ1) is 12.3. The van der Waals surface area contributed by atoms with Crippen molar-refractivity contribution in [2.45, 2.75) is 44.2 Å². The first-order chi connectivity index (χ1) is 8.18. The van der Waals surface area contributed by atoms with E-state index in [2.05, 4.69) is 16.2 Å². The minimum atomic E-state index is -0.980. The summed E-state index contributed by atoms with van der Waals surface area (Å²) in [5.41, 5.74) is 5.49. The van der Waals surface area contributed by atoms with Crippen LogP contribution in [0.5, 0.6) is 0 Å². The van der Waals surface area contributed by atoms with Crippen LogP contribution in [0.2, 0.25) is 0 Å². The fraction of sp³-hybridized carbons (Fsp3) is 0.818. The monoisotopic (exact) mass is 241 g/mol. The lowest BCUT2D eigenvalue weighted by molar-refractivity contribution is -0.136. The second kappa shape index (κ2) is 5.46. The molecular formula is C11H19N3O3. The zero-order valence-electron chi connectivity index (χ0n) is 9.74. The summed E-state index contributed by atoms with van der Waals surface area (Å²) in [5.74, 6) is -1.83. The summed E-state index contributed by atoms with van der Waals surface area (Å²) in [6.45, 7) is 0.153. The lowest BCUT2D eigenvalue weighted by atomic mass is 9.96. The third kappa shape index (κ3) is 2.95. The Balaban J connectivity index is 1.78. The van der Waals surface area contributed by atoms with Gasteiger partial charge in [0.2, 0.25) is 11.8 Å². The predicted octanol–water partition coefficient (Wildman–Crippen LogP) is -0.953. The van der Waals surface area contributed by atoms with E-state index in [1.165, 1.54) is 19.3 Å². The second-order valence-corrected chi connectivity index (χ2v) is 4.76. The molecule has 6 heteroatoms. The van der Waals surface area contributed by atoms with Crippen LogP contribution in [0.1, 0.15) is 32.1 Å². The molecule has 0 spiro atoms. The molecule has 1 aliphatic carbocycles. The van der Waals surface area contributed by atoms with Crippen molar-refractivity contribution in [2.24, 2.45) is 5.92 Å². The topological polar surface area (TPSA) is 90.5 Å². The standard InChI is InChI=1S/C11H19N3O3/c15-8-6-12-10(16)9(8)11(17)14-13-7-4-2-1-3-5-7/h7-9,13,15H,1-6H2,(H,12,16)(H,14,17). The number of hydrogen-bond acceptors (Lipinski definition) is 4. The maximum absolute atomic E-state index is 11.7. The van der Waals surface area contributed by atoms with E-state index in [0.29, 0.717) is 0 Å². The molecule has 96 valence electrons. The highest BCUT2D eigenvalue weighted by molar-refractivity contribution is 6.02. The Kier molecular flexibility index (Phi) is 3.96. The third-order valence-electron chi connectivity index (χ3n) is 3.44. The van der Waals surface area contributed by atoms with Crippen LogP contribution in [0.3, 0.4) is 0 Å². The SMILES string of the molecule is O=C1NCC(O)C1C(=O)NNC1CCCCC1. The molecule has 2 aliphatic rings. The van der Waals surface area contributed by atoms with Crippen molar-refractivity contribution in [2.75, 3.05) is 6.54 Å². The molecule has 2 rings (SSSR count). The first-order valence-electron chi connectivity index (χ1n) is 6.19. The number of aliphatic hydroxyl groups excluding tert-OH is 1. The van der Waals surface area contributed by atoms with E-state index in [4.69, 9.17) is 0 Å². The maximum Gasteiger partial charge on any atom is 0.249 e. The normalized spacial score (nSPS) is 30.1. The lowest BCUT2D eigenvalue weighted by Crippen LogP contribution is -2.50. The lowest BCUT2D eigenvalue weighted by Gasteiger charge is -2.23. The minimum absolute atomic E-state index is 0.153. The van der Waals surface area contributed by atoms with Crippen LogP contribution in [-0.2, 0) is 9.59 Å². The number of aliphatic hydroxyl groups is 1. The highest BCUT2D eigenvalue weighted by Crippen LogP contribution is 2.17. The largest absolute Gasteiger partial charge is 0.390 e. The van der Waals surface area contributed by atoms with Gasteiger partial charge in [0.1, 0.15) is 5.92 Å². The number of nitrogens with one attached hydrogen (secondary N) is 3. The van der Waals surface area contributed by atoms with Gasteiger partial charge in [0.25, 0.3) is 0 Å². The van der Waals surface area contributed by atoms with Gasteiger partial charge in [-0.2, -0.15) is 0 Å². The molecule has 0 radical (unpaired) electrons. The molecule has 2 amide bonds. The third-order valence-corrected chi connectivity index (χ3v) is 3.44. The average Bonchev–Trinajstić information content (AvgIpc) is 2.67. The summed E-state index contributed by atoms with van der Waals surface area (Å²) in [6.07, 6.45) is 4.74. The van der Waals surface area contributed by atoms with E-state index in [9.17, 15) is 14.7 Å². The van der Waals surface area contributed by atoms with E-state index >= 15 is 0 Å². The highest BCUT2D eigenvalue weighted by Gasteiger charge is 2.39. The molecule has 0 aromatic rings. The van der Waals surface area contributed by atoms with Crippen molar-refractivity contribution in [1.29, 1.82) is 0 Å². The van der Waals surface area contributed by atoms with Crippen molar-refractivity contribution in [1.82, 2.24) is 16.2 Å². The van der Waals surface area contributed by atoms with Gasteiger partial charge in [0.05, 0.1) is 6.10 Å². The van der Waals surface area contributed by atoms with Crippen molar-refractivity contribution in [3.63, 3.8) is 0 Å². The summed E-state index contributed by atoms with van der Waals surface area (Å²) < 4.78 is 0. The maximum atomic E-state index is 11.7. The molecule has 2 unspecified atom stereocenters. The number of hydrogen-bond donors (Lipinski definition) is 4. The van der Waals surface area contributed by atoms with Crippen molar-refractivity contribution in [3.05, 3.63) is 0 Å². The summed E-state index contributed by atoms with van der Waals surface area (Å²) in [5, 5.41) is 12.0. The van der Waals surface area contributed by atoms with Crippen molar-refractivity contribution in [3.8, 4) is 0 Å². The van der Waals surface area contributed by atoms with Gasteiger partial charge in [0.15, 0.2) is 0 Å². The van der Waals surface area contributed by atoms with E-state index in [-0.39, 0.29) is 12.6 Å². The van der Waals surface area contributed by atoms with E-state index < -0.39 is 23.8 Å². The van der Waals surface area contributed by atoms with E-state index in [1.807, 2.05) is 0 Å². The summed E-state index contributed by atoms with van der Waals surface area (Å²) in [7, 11) is 0. The Labute approximate surface area is 100 Å². The van der Waals surface area contributed by atoms with Crippen LogP contribution in [-0.4, -0.2) is 35.6 Å². The van der Waals surface area contributed by atoms with Crippen LogP contribution in [0.25, 0.3) is 0 Å². The number of hydrazine groups is 1. The molecule has 1 saturated carbocycles. The molecule has 0 aromatic carbocycles. The fourth-order valence-corrected chi connectivity index (χ4v) is 2.40. The van der Waals surface area contributed by atoms with Crippen LogP contribution in [0.4, 0.5) is 0 Å². The zero-order valence-corrected chi connectivity index (χ0v) is 9.74. The van der Waals surface area contributed by atoms with Crippen molar-refractivity contribution >= 4 is 11.8 Å². The van der Waals surface area contributed by atoms with Crippen molar-refractivity contribution < 1.29 is 14.7 Å². The van der Waals surface area contributed by atoms with Gasteiger partial charge in [-0.3, -0.25) is 15.0 Å². The molecule has 0 aromatic heterocycles. The quantitative estimate of drug-likeness (QED) is 0.379. The van der Waals surface area contributed by atoms with Gasteiger partial charge in [-0.05, 0) is 12.8 Å². The molecule has 1 saturated heterocycles. The summed E-state index contributed by atoms with van der Waals surface area (Å²) >= 11 is 0. The number of rotatable bonds is 3. The molecule has 4 N–H and O–H groups in total. The molecule has 6 nitrogen and oxygen atoms in total. The molecule has 2 atom stereocenters. The van der Waals surface area contributed by atoms with Gasteiger partial charge in [0, 0.05) is 12.6 Å². The Morgan fingerprint density at radius 2 is 2.00 bits per heavy atom. The van der Waals surface area contributed by atoms with E-state index in [0.717, 1.165) is 12.8 Å². The van der Waals surface area contributed by atoms with Gasteiger partial charge in [-0.15, -0.1) is 0 Å². The molecule has 1 aliphatic heterocycles. The zero-order chi connectivity index (χ0) is 12.3. The summed E-state index contributed by atoms with van der Waals surface area (Å²) in [4.78, 5) is 23.0. The Bertz CT molecular complexity index is 302. The molecule has 17 heavy (non-hydrogen) atoms. The predicted molar refractivity (Wildman–Crippen MR) is 60.7 cm³/mol. The second-order valence-electron chi connectivity index (χ2n) is 4.76. The van der Waals surface area contributed by atoms with Crippen LogP contribution >= 0.6 is 0 Å². The Morgan fingerprint density at radius 3 is 2.59 bits per heavy atom. The highest BCUT2D eigenvalue weighted by atomic mass is 16.3. The Hall–Kier alpha value is -1.14. The molecule has 1 heterocycles. The fourth-order valence-electron chi connectivity index (χ4n) is 2.40. The van der Waals surface area contributed by atoms with Gasteiger partial charge < -0.3 is 10.4 Å². The number of carbonyl (C=O) groups excluding carboxylic acids is 2. The smallest absolute Gasteiger partial charge is 0.249 e. The van der Waals surface area contributed by atoms with Crippen LogP contribution in [0.15, 0.2) is 0 Å². The number of amides is 2. The van der Waals surface area contributed by atoms with E-state index in [1.54, 1.807) is 0 Å². The Morgan fingerprint density at radius 1 is 1.29 bits per heavy atom. The first-order valence-corrected chi connectivity index (χ1v) is 6.19. The number of β-amino-alcohol motifs (C(OH)–C–C–N with tert-alkyl or cyclic N) is 1. The molecule has 2 fully saturated rings. The van der Waals surface area contributed by atoms with Gasteiger partial charge >= 0.3 is 0 Å². The van der Waals surface area contributed by atoms with Crippen LogP contribution < -0.4 is 16.2 Å².